The van der Waals surface area contributed by atoms with Gasteiger partial charge in [-0.2, -0.15) is 0 Å². The first-order valence-electron chi connectivity index (χ1n) is 12.8. The Morgan fingerprint density at radius 1 is 1.19 bits per heavy atom. The maximum absolute atomic E-state index is 15.1. The smallest absolute Gasteiger partial charge is 0.330 e. The molecule has 2 atom stereocenters. The van der Waals surface area contributed by atoms with Gasteiger partial charge in [0.2, 0.25) is 0 Å². The quantitative estimate of drug-likeness (QED) is 0.364. The van der Waals surface area contributed by atoms with Gasteiger partial charge in [0.25, 0.3) is 0 Å². The third-order valence-electron chi connectivity index (χ3n) is 7.84. The van der Waals surface area contributed by atoms with Crippen molar-refractivity contribution in [2.24, 2.45) is 13.0 Å². The van der Waals surface area contributed by atoms with Crippen LogP contribution in [0.1, 0.15) is 44.8 Å². The van der Waals surface area contributed by atoms with E-state index in [2.05, 4.69) is 20.1 Å². The normalized spacial score (nSPS) is 19.9. The Morgan fingerprint density at radius 3 is 2.81 bits per heavy atom. The van der Waals surface area contributed by atoms with Gasteiger partial charge in [0.05, 0.1) is 24.4 Å². The van der Waals surface area contributed by atoms with E-state index in [0.29, 0.717) is 46.4 Å². The van der Waals surface area contributed by atoms with Gasteiger partial charge in [0, 0.05) is 61.0 Å². The Hall–Kier alpha value is -3.17. The lowest BCUT2D eigenvalue weighted by Gasteiger charge is -2.44. The van der Waals surface area contributed by atoms with Gasteiger partial charge in [-0.25, -0.2) is 9.18 Å². The van der Waals surface area contributed by atoms with E-state index in [-0.39, 0.29) is 11.7 Å². The second-order valence-electron chi connectivity index (χ2n) is 10.4. The molecule has 0 radical (unpaired) electrons. The highest BCUT2D eigenvalue weighted by Crippen LogP contribution is 2.38. The molecule has 188 valence electrons. The van der Waals surface area contributed by atoms with Crippen LogP contribution in [-0.2, 0) is 18.4 Å². The van der Waals surface area contributed by atoms with Crippen LogP contribution in [0.25, 0.3) is 33.2 Å². The highest BCUT2D eigenvalue weighted by atomic mass is 19.1. The summed E-state index contributed by atoms with van der Waals surface area (Å²) in [7, 11) is 1.67. The van der Waals surface area contributed by atoms with E-state index in [1.165, 1.54) is 36.4 Å². The summed E-state index contributed by atoms with van der Waals surface area (Å²) in [4.78, 5) is 19.9. The lowest BCUT2D eigenvalue weighted by molar-refractivity contribution is 0.00333. The molecule has 6 rings (SSSR count). The summed E-state index contributed by atoms with van der Waals surface area (Å²) >= 11 is 0. The van der Waals surface area contributed by atoms with Crippen LogP contribution in [0.3, 0.4) is 0 Å². The molecule has 1 saturated carbocycles. The van der Waals surface area contributed by atoms with Crippen molar-refractivity contribution in [2.75, 3.05) is 19.7 Å². The Kier molecular flexibility index (Phi) is 5.84. The van der Waals surface area contributed by atoms with E-state index in [1.807, 2.05) is 26.0 Å². The molecule has 36 heavy (non-hydrogen) atoms. The number of ether oxygens (including phenoxy) is 1. The van der Waals surface area contributed by atoms with Gasteiger partial charge in [0.15, 0.2) is 5.65 Å². The van der Waals surface area contributed by atoms with Crippen LogP contribution in [0.5, 0.6) is 0 Å². The third-order valence-corrected chi connectivity index (χ3v) is 7.84. The number of likely N-dealkylation sites (tertiary alicyclic amines) is 1. The largest absolute Gasteiger partial charge is 0.374 e. The molecule has 0 bridgehead atoms. The van der Waals surface area contributed by atoms with Crippen LogP contribution in [0, 0.1) is 11.7 Å². The maximum Gasteiger partial charge on any atom is 0.330 e. The Balaban J connectivity index is 1.22. The zero-order chi connectivity index (χ0) is 25.0. The maximum atomic E-state index is 15.1. The number of benzene rings is 1. The van der Waals surface area contributed by atoms with Gasteiger partial charge in [-0.1, -0.05) is 12.5 Å². The van der Waals surface area contributed by atoms with E-state index in [1.54, 1.807) is 23.9 Å². The van der Waals surface area contributed by atoms with Crippen molar-refractivity contribution in [2.45, 2.75) is 51.8 Å². The SMILES string of the molecule is CC(C)n1c(=O)n(C)c2nnc3cc(F)c(-c4ccc(COCCN5CC6CCCC65)nc4)cc3c21. The molecule has 1 aromatic carbocycles. The van der Waals surface area contributed by atoms with Crippen LogP contribution in [0.4, 0.5) is 4.39 Å². The van der Waals surface area contributed by atoms with Crippen LogP contribution < -0.4 is 5.69 Å². The molecule has 0 amide bonds. The summed E-state index contributed by atoms with van der Waals surface area (Å²) in [6.07, 6.45) is 5.75. The van der Waals surface area contributed by atoms with Crippen molar-refractivity contribution >= 4 is 22.1 Å². The van der Waals surface area contributed by atoms with Crippen LogP contribution in [0.2, 0.25) is 0 Å². The molecule has 2 unspecified atom stereocenters. The zero-order valence-electron chi connectivity index (χ0n) is 20.9. The van der Waals surface area contributed by atoms with Gasteiger partial charge in [-0.15, -0.1) is 10.2 Å². The van der Waals surface area contributed by atoms with Crippen molar-refractivity contribution in [3.63, 3.8) is 0 Å². The fraction of sp³-hybridized carbons (Fsp3) is 0.481. The molecule has 1 aliphatic heterocycles. The molecule has 1 aliphatic carbocycles. The first-order chi connectivity index (χ1) is 17.4. The fourth-order valence-electron chi connectivity index (χ4n) is 5.91. The van der Waals surface area contributed by atoms with Crippen LogP contribution >= 0.6 is 0 Å². The number of pyridine rings is 1. The summed E-state index contributed by atoms with van der Waals surface area (Å²) in [5, 5.41) is 9.06. The predicted molar refractivity (Wildman–Crippen MR) is 136 cm³/mol. The minimum absolute atomic E-state index is 0.0799. The zero-order valence-corrected chi connectivity index (χ0v) is 20.9. The third kappa shape index (κ3) is 3.81. The lowest BCUT2D eigenvalue weighted by Crippen LogP contribution is -2.54. The molecule has 0 spiro atoms. The Morgan fingerprint density at radius 2 is 2.06 bits per heavy atom. The van der Waals surface area contributed by atoms with E-state index in [4.69, 9.17) is 4.74 Å². The van der Waals surface area contributed by atoms with Crippen molar-refractivity contribution in [3.8, 4) is 11.1 Å². The topological polar surface area (TPSA) is 78.1 Å². The summed E-state index contributed by atoms with van der Waals surface area (Å²) in [6.45, 7) is 7.20. The molecule has 3 aromatic heterocycles. The molecular weight excluding hydrogens is 459 g/mol. The summed E-state index contributed by atoms with van der Waals surface area (Å²) in [5.41, 5.74) is 3.26. The average Bonchev–Trinajstić information content (AvgIpc) is 3.35. The molecule has 9 heteroatoms. The number of hydrogen-bond acceptors (Lipinski definition) is 6. The Labute approximate surface area is 208 Å². The van der Waals surface area contributed by atoms with Crippen molar-refractivity contribution in [1.29, 1.82) is 0 Å². The highest BCUT2D eigenvalue weighted by molar-refractivity contribution is 6.02. The van der Waals surface area contributed by atoms with Crippen LogP contribution in [-0.4, -0.2) is 55.0 Å². The van der Waals surface area contributed by atoms with Gasteiger partial charge >= 0.3 is 5.69 Å². The Bertz CT molecular complexity index is 1490. The number of halogens is 1. The van der Waals surface area contributed by atoms with Crippen molar-refractivity contribution in [1.82, 2.24) is 29.2 Å². The first kappa shape index (κ1) is 23.2. The molecule has 1 saturated heterocycles. The van der Waals surface area contributed by atoms with Gasteiger partial charge in [-0.05, 0) is 44.7 Å². The molecular formula is C27H31FN6O2. The molecule has 8 nitrogen and oxygen atoms in total. The number of hydrogen-bond donors (Lipinski definition) is 0. The second kappa shape index (κ2) is 9.05. The number of nitrogens with zero attached hydrogens (tertiary/aromatic N) is 6. The predicted octanol–water partition coefficient (Wildman–Crippen LogP) is 4.07. The van der Waals surface area contributed by atoms with Gasteiger partial charge in [0.1, 0.15) is 11.3 Å². The van der Waals surface area contributed by atoms with Crippen molar-refractivity contribution in [3.05, 3.63) is 52.5 Å². The number of fused-ring (bicyclic) bond motifs is 4. The van der Waals surface area contributed by atoms with E-state index >= 15 is 4.39 Å². The standard InChI is InChI=1S/C27H31FN6O2/c1-16(2)34-25-21-11-20(22(28)12-23(21)30-31-26(25)32(3)27(34)35)17-7-8-19(29-13-17)15-36-10-9-33-14-18-5-4-6-24(18)33/h7-8,11-13,16,18,24H,4-6,9-10,14-15H2,1-3H3. The molecule has 4 heterocycles. The van der Waals surface area contributed by atoms with Gasteiger partial charge < -0.3 is 4.74 Å². The van der Waals surface area contributed by atoms with E-state index in [9.17, 15) is 4.79 Å². The average molecular weight is 491 g/mol. The molecule has 2 aliphatic rings. The lowest BCUT2D eigenvalue weighted by atomic mass is 9.92. The second-order valence-corrected chi connectivity index (χ2v) is 10.4. The molecule has 2 fully saturated rings. The molecule has 4 aromatic rings. The summed E-state index contributed by atoms with van der Waals surface area (Å²) in [5.74, 6) is 0.508. The van der Waals surface area contributed by atoms with Crippen molar-refractivity contribution < 1.29 is 9.13 Å². The van der Waals surface area contributed by atoms with Gasteiger partial charge in [-0.3, -0.25) is 19.0 Å². The number of rotatable bonds is 7. The summed E-state index contributed by atoms with van der Waals surface area (Å²) in [6, 6.07) is 7.56. The number of aryl methyl sites for hydroxylation is 1. The minimum atomic E-state index is -0.406. The van der Waals surface area contributed by atoms with Crippen LogP contribution in [0.15, 0.2) is 35.3 Å². The van der Waals surface area contributed by atoms with E-state index < -0.39 is 5.82 Å². The van der Waals surface area contributed by atoms with E-state index in [0.717, 1.165) is 24.2 Å². The summed E-state index contributed by atoms with van der Waals surface area (Å²) < 4.78 is 24.1. The highest BCUT2D eigenvalue weighted by Gasteiger charge is 2.41. The molecule has 0 N–H and O–H groups in total. The minimum Gasteiger partial charge on any atom is -0.374 e. The first-order valence-corrected chi connectivity index (χ1v) is 12.8. The fourth-order valence-corrected chi connectivity index (χ4v) is 5.91. The monoisotopic (exact) mass is 490 g/mol. The number of imidazole rings is 1. The number of aromatic nitrogens is 5.